The molecule has 0 aliphatic rings. The van der Waals surface area contributed by atoms with Crippen molar-refractivity contribution in [1.29, 1.82) is 0 Å². The molecule has 0 unspecified atom stereocenters. The van der Waals surface area contributed by atoms with Crippen molar-refractivity contribution in [2.45, 2.75) is 20.4 Å². The van der Waals surface area contributed by atoms with Gasteiger partial charge in [0, 0.05) is 18.2 Å². The quantitative estimate of drug-likeness (QED) is 0.425. The lowest BCUT2D eigenvalue weighted by Crippen LogP contribution is -2.11. The number of nitrogens with zero attached hydrogens (tertiary/aromatic N) is 3. The predicted octanol–water partition coefficient (Wildman–Crippen LogP) is 1.49. The van der Waals surface area contributed by atoms with Crippen molar-refractivity contribution < 1.29 is 9.45 Å². The Bertz CT molecular complexity index is 620. The fourth-order valence-corrected chi connectivity index (χ4v) is 1.74. The molecular weight excluding hydrogens is 264 g/mol. The number of nitrogen functional groups attached to an aromatic ring is 1. The van der Waals surface area contributed by atoms with Crippen molar-refractivity contribution in [3.05, 3.63) is 39.3 Å². The number of hydrazine groups is 1. The molecule has 2 rings (SSSR count). The third kappa shape index (κ3) is 2.67. The molecule has 0 aliphatic carbocycles. The summed E-state index contributed by atoms with van der Waals surface area (Å²) in [6.45, 7) is 3.90. The molecule has 0 aliphatic heterocycles. The van der Waals surface area contributed by atoms with Crippen molar-refractivity contribution in [3.8, 4) is 0 Å². The third-order valence-electron chi connectivity index (χ3n) is 2.83. The molecule has 106 valence electrons. The number of nitrogens with one attached hydrogen (secondary N) is 2. The molecule has 2 aromatic heterocycles. The Morgan fingerprint density at radius 1 is 1.45 bits per heavy atom. The lowest BCUT2D eigenvalue weighted by atomic mass is 10.2. The van der Waals surface area contributed by atoms with E-state index in [4.69, 9.17) is 10.4 Å². The van der Waals surface area contributed by atoms with Gasteiger partial charge in [-0.15, -0.1) is 0 Å². The van der Waals surface area contributed by atoms with Crippen LogP contribution in [0.5, 0.6) is 0 Å². The molecule has 0 bridgehead atoms. The average Bonchev–Trinajstić information content (AvgIpc) is 2.75. The van der Waals surface area contributed by atoms with Gasteiger partial charge in [-0.25, -0.2) is 10.8 Å². The van der Waals surface area contributed by atoms with Gasteiger partial charge in [0.05, 0.1) is 10.6 Å². The molecule has 9 heteroatoms. The normalized spacial score (nSPS) is 10.3. The van der Waals surface area contributed by atoms with E-state index in [1.165, 1.54) is 12.1 Å². The van der Waals surface area contributed by atoms with E-state index < -0.39 is 4.92 Å². The zero-order valence-electron chi connectivity index (χ0n) is 11.0. The standard InChI is InChI=1S/C11H14N6O3/c1-6-8(7(2)20-16-6)5-13-11-9(17(18)19)3-4-10(14-11)15-12/h3-4H,5,12H2,1-2H3,(H2,13,14,15). The van der Waals surface area contributed by atoms with Crippen molar-refractivity contribution in [3.63, 3.8) is 0 Å². The lowest BCUT2D eigenvalue weighted by Gasteiger charge is -2.07. The molecule has 0 aromatic carbocycles. The van der Waals surface area contributed by atoms with Gasteiger partial charge in [0.2, 0.25) is 5.82 Å². The number of nitro groups is 1. The summed E-state index contributed by atoms with van der Waals surface area (Å²) in [4.78, 5) is 14.5. The smallest absolute Gasteiger partial charge is 0.311 e. The number of rotatable bonds is 5. The van der Waals surface area contributed by atoms with Gasteiger partial charge in [0.1, 0.15) is 11.6 Å². The second kappa shape index (κ2) is 5.53. The van der Waals surface area contributed by atoms with Crippen LogP contribution in [0.4, 0.5) is 17.3 Å². The summed E-state index contributed by atoms with van der Waals surface area (Å²) in [5.41, 5.74) is 3.78. The summed E-state index contributed by atoms with van der Waals surface area (Å²) in [5.74, 6) is 6.37. The number of aromatic nitrogens is 2. The zero-order valence-corrected chi connectivity index (χ0v) is 11.0. The highest BCUT2D eigenvalue weighted by molar-refractivity contribution is 5.60. The van der Waals surface area contributed by atoms with Crippen LogP contribution in [0.25, 0.3) is 0 Å². The molecule has 2 aromatic rings. The van der Waals surface area contributed by atoms with E-state index >= 15 is 0 Å². The van der Waals surface area contributed by atoms with Crippen LogP contribution < -0.4 is 16.6 Å². The first-order chi connectivity index (χ1) is 9.52. The monoisotopic (exact) mass is 278 g/mol. The number of pyridine rings is 1. The summed E-state index contributed by atoms with van der Waals surface area (Å²) in [6, 6.07) is 2.76. The Labute approximate surface area is 114 Å². The molecule has 0 saturated heterocycles. The predicted molar refractivity (Wildman–Crippen MR) is 72.0 cm³/mol. The molecule has 4 N–H and O–H groups in total. The zero-order chi connectivity index (χ0) is 14.7. The van der Waals surface area contributed by atoms with Gasteiger partial charge < -0.3 is 15.3 Å². The molecule has 9 nitrogen and oxygen atoms in total. The Morgan fingerprint density at radius 3 is 2.75 bits per heavy atom. The molecule has 0 atom stereocenters. The van der Waals surface area contributed by atoms with E-state index in [0.717, 1.165) is 11.3 Å². The van der Waals surface area contributed by atoms with Crippen molar-refractivity contribution in [2.75, 3.05) is 10.7 Å². The minimum absolute atomic E-state index is 0.129. The van der Waals surface area contributed by atoms with Crippen LogP contribution in [0.1, 0.15) is 17.0 Å². The highest BCUT2D eigenvalue weighted by Crippen LogP contribution is 2.25. The lowest BCUT2D eigenvalue weighted by molar-refractivity contribution is -0.384. The van der Waals surface area contributed by atoms with E-state index in [9.17, 15) is 10.1 Å². The van der Waals surface area contributed by atoms with Crippen LogP contribution in [0, 0.1) is 24.0 Å². The van der Waals surface area contributed by atoms with Crippen LogP contribution in [-0.4, -0.2) is 15.1 Å². The molecule has 0 amide bonds. The molecule has 2 heterocycles. The highest BCUT2D eigenvalue weighted by Gasteiger charge is 2.17. The first kappa shape index (κ1) is 13.7. The van der Waals surface area contributed by atoms with Crippen LogP contribution in [0.2, 0.25) is 0 Å². The molecule has 0 saturated carbocycles. The molecular formula is C11H14N6O3. The summed E-state index contributed by atoms with van der Waals surface area (Å²) in [6.07, 6.45) is 0. The Morgan fingerprint density at radius 2 is 2.20 bits per heavy atom. The van der Waals surface area contributed by atoms with Gasteiger partial charge in [-0.1, -0.05) is 5.16 Å². The van der Waals surface area contributed by atoms with Crippen LogP contribution in [-0.2, 0) is 6.54 Å². The van der Waals surface area contributed by atoms with E-state index in [1.54, 1.807) is 13.8 Å². The molecule has 0 fully saturated rings. The highest BCUT2D eigenvalue weighted by atomic mass is 16.6. The first-order valence-corrected chi connectivity index (χ1v) is 5.80. The van der Waals surface area contributed by atoms with Gasteiger partial charge in [0.15, 0.2) is 0 Å². The topological polar surface area (TPSA) is 132 Å². The van der Waals surface area contributed by atoms with E-state index in [-0.39, 0.29) is 11.5 Å². The van der Waals surface area contributed by atoms with E-state index in [0.29, 0.717) is 18.1 Å². The van der Waals surface area contributed by atoms with E-state index in [1.807, 2.05) is 0 Å². The summed E-state index contributed by atoms with van der Waals surface area (Å²) < 4.78 is 5.03. The Balaban J connectivity index is 2.26. The summed E-state index contributed by atoms with van der Waals surface area (Å²) >= 11 is 0. The second-order valence-corrected chi connectivity index (χ2v) is 4.12. The summed E-state index contributed by atoms with van der Waals surface area (Å²) in [5, 5.41) is 17.7. The second-order valence-electron chi connectivity index (χ2n) is 4.12. The van der Waals surface area contributed by atoms with Gasteiger partial charge >= 0.3 is 5.69 Å². The maximum absolute atomic E-state index is 11.0. The number of nitrogens with two attached hydrogens (primary N) is 1. The maximum Gasteiger partial charge on any atom is 0.311 e. The number of hydrogen-bond donors (Lipinski definition) is 3. The largest absolute Gasteiger partial charge is 0.361 e. The van der Waals surface area contributed by atoms with Gasteiger partial charge in [-0.05, 0) is 19.9 Å². The van der Waals surface area contributed by atoms with Crippen LogP contribution in [0.3, 0.4) is 0 Å². The minimum Gasteiger partial charge on any atom is -0.361 e. The van der Waals surface area contributed by atoms with Crippen LogP contribution in [0.15, 0.2) is 16.7 Å². The van der Waals surface area contributed by atoms with Gasteiger partial charge in [-0.3, -0.25) is 10.1 Å². The van der Waals surface area contributed by atoms with Gasteiger partial charge in [-0.2, -0.15) is 0 Å². The molecule has 20 heavy (non-hydrogen) atoms. The Hall–Kier alpha value is -2.68. The fourth-order valence-electron chi connectivity index (χ4n) is 1.74. The third-order valence-corrected chi connectivity index (χ3v) is 2.83. The first-order valence-electron chi connectivity index (χ1n) is 5.80. The number of hydrogen-bond acceptors (Lipinski definition) is 8. The molecule has 0 spiro atoms. The SMILES string of the molecule is Cc1noc(C)c1CNc1nc(NN)ccc1[N+](=O)[O-]. The number of anilines is 2. The maximum atomic E-state index is 11.0. The molecule has 0 radical (unpaired) electrons. The summed E-state index contributed by atoms with van der Waals surface area (Å²) in [7, 11) is 0. The van der Waals surface area contributed by atoms with Crippen molar-refractivity contribution in [2.24, 2.45) is 5.84 Å². The average molecular weight is 278 g/mol. The Kier molecular flexibility index (Phi) is 3.80. The van der Waals surface area contributed by atoms with Crippen LogP contribution >= 0.6 is 0 Å². The van der Waals surface area contributed by atoms with Gasteiger partial charge in [0.25, 0.3) is 0 Å². The van der Waals surface area contributed by atoms with E-state index in [2.05, 4.69) is 20.9 Å². The minimum atomic E-state index is -0.511. The van der Waals surface area contributed by atoms with Crippen molar-refractivity contribution in [1.82, 2.24) is 10.1 Å². The number of aryl methyl sites for hydroxylation is 2. The van der Waals surface area contributed by atoms with Crippen molar-refractivity contribution >= 4 is 17.3 Å². The fraction of sp³-hybridized carbons (Fsp3) is 0.273.